The van der Waals surface area contributed by atoms with Crippen molar-refractivity contribution in [2.24, 2.45) is 0 Å². The molecule has 1 saturated heterocycles. The number of hydrogen-bond acceptors (Lipinski definition) is 2. The fraction of sp³-hybridized carbons (Fsp3) is 0.400. The standard InChI is InChI=1S/C15H18N2/c1-2-11-8-12-4-3-5-14(15(12)17-9-11)13-6-7-16-10-13/h3-5,8-9,13,16H,2,6-7,10H2,1H3/t13-/m0/s1. The Bertz CT molecular complexity index is 527. The molecule has 2 heterocycles. The van der Waals surface area contributed by atoms with Crippen molar-refractivity contribution in [1.82, 2.24) is 10.3 Å². The first-order valence-electron chi connectivity index (χ1n) is 6.46. The number of fused-ring (bicyclic) bond motifs is 1. The summed E-state index contributed by atoms with van der Waals surface area (Å²) in [5.41, 5.74) is 3.92. The first-order valence-corrected chi connectivity index (χ1v) is 6.46. The van der Waals surface area contributed by atoms with Gasteiger partial charge in [0.1, 0.15) is 0 Å². The summed E-state index contributed by atoms with van der Waals surface area (Å²) >= 11 is 0. The molecule has 1 aromatic heterocycles. The number of rotatable bonds is 2. The van der Waals surface area contributed by atoms with E-state index in [1.54, 1.807) is 0 Å². The fourth-order valence-corrected chi connectivity index (χ4v) is 2.67. The van der Waals surface area contributed by atoms with E-state index in [1.165, 1.54) is 28.5 Å². The highest BCUT2D eigenvalue weighted by molar-refractivity contribution is 5.82. The van der Waals surface area contributed by atoms with Gasteiger partial charge in [0.15, 0.2) is 0 Å². The SMILES string of the molecule is CCc1cnc2c([C@H]3CCNC3)cccc2c1. The fourth-order valence-electron chi connectivity index (χ4n) is 2.67. The molecule has 1 atom stereocenters. The van der Waals surface area contributed by atoms with Crippen molar-refractivity contribution in [2.75, 3.05) is 13.1 Å². The van der Waals surface area contributed by atoms with Crippen LogP contribution in [0.15, 0.2) is 30.5 Å². The second kappa shape index (κ2) is 4.46. The van der Waals surface area contributed by atoms with Crippen LogP contribution in [-0.2, 0) is 6.42 Å². The molecular weight excluding hydrogens is 208 g/mol. The van der Waals surface area contributed by atoms with Crippen LogP contribution in [0.3, 0.4) is 0 Å². The molecule has 2 nitrogen and oxygen atoms in total. The third kappa shape index (κ3) is 1.93. The van der Waals surface area contributed by atoms with Crippen molar-refractivity contribution < 1.29 is 0 Å². The van der Waals surface area contributed by atoms with Crippen LogP contribution in [0.4, 0.5) is 0 Å². The number of aromatic nitrogens is 1. The number of benzene rings is 1. The molecular formula is C15H18N2. The Morgan fingerprint density at radius 3 is 3.12 bits per heavy atom. The molecule has 0 radical (unpaired) electrons. The predicted octanol–water partition coefficient (Wildman–Crippen LogP) is 2.87. The molecule has 0 bridgehead atoms. The van der Waals surface area contributed by atoms with Crippen LogP contribution < -0.4 is 5.32 Å². The van der Waals surface area contributed by atoms with Crippen LogP contribution in [0.2, 0.25) is 0 Å². The highest BCUT2D eigenvalue weighted by Gasteiger charge is 2.19. The Hall–Kier alpha value is -1.41. The topological polar surface area (TPSA) is 24.9 Å². The highest BCUT2D eigenvalue weighted by atomic mass is 14.9. The van der Waals surface area contributed by atoms with E-state index in [0.29, 0.717) is 5.92 Å². The lowest BCUT2D eigenvalue weighted by molar-refractivity contribution is 0.768. The van der Waals surface area contributed by atoms with Crippen molar-refractivity contribution in [2.45, 2.75) is 25.7 Å². The van der Waals surface area contributed by atoms with E-state index in [4.69, 9.17) is 0 Å². The molecule has 2 heteroatoms. The van der Waals surface area contributed by atoms with E-state index < -0.39 is 0 Å². The average Bonchev–Trinajstić information content (AvgIpc) is 2.91. The molecule has 1 fully saturated rings. The first-order chi connectivity index (χ1) is 8.38. The number of hydrogen-bond donors (Lipinski definition) is 1. The van der Waals surface area contributed by atoms with Crippen molar-refractivity contribution in [3.8, 4) is 0 Å². The lowest BCUT2D eigenvalue weighted by Gasteiger charge is -2.12. The summed E-state index contributed by atoms with van der Waals surface area (Å²) in [6.07, 6.45) is 4.31. The number of nitrogens with one attached hydrogen (secondary N) is 1. The summed E-state index contributed by atoms with van der Waals surface area (Å²) < 4.78 is 0. The van der Waals surface area contributed by atoms with Gasteiger partial charge in [0.05, 0.1) is 5.52 Å². The number of aryl methyl sites for hydroxylation is 1. The van der Waals surface area contributed by atoms with Crippen molar-refractivity contribution in [3.05, 3.63) is 41.6 Å². The summed E-state index contributed by atoms with van der Waals surface area (Å²) in [5, 5.41) is 4.72. The molecule has 1 aliphatic rings. The number of pyridine rings is 1. The van der Waals surface area contributed by atoms with Gasteiger partial charge in [-0.25, -0.2) is 0 Å². The zero-order valence-electron chi connectivity index (χ0n) is 10.2. The van der Waals surface area contributed by atoms with Gasteiger partial charge >= 0.3 is 0 Å². The predicted molar refractivity (Wildman–Crippen MR) is 71.3 cm³/mol. The summed E-state index contributed by atoms with van der Waals surface area (Å²) in [6, 6.07) is 8.84. The minimum atomic E-state index is 0.638. The van der Waals surface area contributed by atoms with Crippen molar-refractivity contribution in [3.63, 3.8) is 0 Å². The molecule has 88 valence electrons. The van der Waals surface area contributed by atoms with Gasteiger partial charge in [0.25, 0.3) is 0 Å². The van der Waals surface area contributed by atoms with Gasteiger partial charge < -0.3 is 5.32 Å². The summed E-state index contributed by atoms with van der Waals surface area (Å²) in [6.45, 7) is 4.40. The Morgan fingerprint density at radius 2 is 2.35 bits per heavy atom. The maximum absolute atomic E-state index is 4.67. The van der Waals surface area contributed by atoms with Gasteiger partial charge in [0, 0.05) is 18.1 Å². The smallest absolute Gasteiger partial charge is 0.0737 e. The molecule has 0 amide bonds. The van der Waals surface area contributed by atoms with E-state index in [-0.39, 0.29) is 0 Å². The third-order valence-corrected chi connectivity index (χ3v) is 3.71. The molecule has 0 unspecified atom stereocenters. The van der Waals surface area contributed by atoms with Gasteiger partial charge in [-0.15, -0.1) is 0 Å². The van der Waals surface area contributed by atoms with Crippen molar-refractivity contribution >= 4 is 10.9 Å². The van der Waals surface area contributed by atoms with Gasteiger partial charge in [-0.05, 0) is 42.5 Å². The average molecular weight is 226 g/mol. The Labute approximate surface area is 102 Å². The van der Waals surface area contributed by atoms with E-state index in [1.807, 2.05) is 6.20 Å². The maximum Gasteiger partial charge on any atom is 0.0737 e. The van der Waals surface area contributed by atoms with E-state index in [9.17, 15) is 0 Å². The lowest BCUT2D eigenvalue weighted by atomic mass is 9.95. The Morgan fingerprint density at radius 1 is 1.41 bits per heavy atom. The monoisotopic (exact) mass is 226 g/mol. The van der Waals surface area contributed by atoms with Crippen LogP contribution in [0.5, 0.6) is 0 Å². The molecule has 0 spiro atoms. The van der Waals surface area contributed by atoms with Crippen LogP contribution in [-0.4, -0.2) is 18.1 Å². The molecule has 0 saturated carbocycles. The minimum Gasteiger partial charge on any atom is -0.316 e. The molecule has 3 rings (SSSR count). The largest absolute Gasteiger partial charge is 0.316 e. The Kier molecular flexibility index (Phi) is 2.81. The highest BCUT2D eigenvalue weighted by Crippen LogP contribution is 2.28. The molecule has 1 N–H and O–H groups in total. The van der Waals surface area contributed by atoms with Crippen LogP contribution in [0.1, 0.15) is 30.4 Å². The van der Waals surface area contributed by atoms with Crippen LogP contribution in [0.25, 0.3) is 10.9 Å². The summed E-state index contributed by atoms with van der Waals surface area (Å²) in [5.74, 6) is 0.638. The molecule has 1 aromatic carbocycles. The van der Waals surface area contributed by atoms with Crippen LogP contribution >= 0.6 is 0 Å². The summed E-state index contributed by atoms with van der Waals surface area (Å²) in [4.78, 5) is 4.67. The quantitative estimate of drug-likeness (QED) is 0.851. The van der Waals surface area contributed by atoms with Gasteiger partial charge in [-0.3, -0.25) is 4.98 Å². The normalized spacial score (nSPS) is 19.9. The van der Waals surface area contributed by atoms with Gasteiger partial charge in [0.2, 0.25) is 0 Å². The van der Waals surface area contributed by atoms with Gasteiger partial charge in [-0.2, -0.15) is 0 Å². The second-order valence-corrected chi connectivity index (χ2v) is 4.81. The molecule has 0 aliphatic carbocycles. The number of nitrogens with zero attached hydrogens (tertiary/aromatic N) is 1. The molecule has 2 aromatic rings. The zero-order chi connectivity index (χ0) is 11.7. The Balaban J connectivity index is 2.12. The minimum absolute atomic E-state index is 0.638. The molecule has 17 heavy (non-hydrogen) atoms. The maximum atomic E-state index is 4.67. The van der Waals surface area contributed by atoms with Crippen molar-refractivity contribution in [1.29, 1.82) is 0 Å². The van der Waals surface area contributed by atoms with Gasteiger partial charge in [-0.1, -0.05) is 25.1 Å². The number of para-hydroxylation sites is 1. The van der Waals surface area contributed by atoms with Crippen LogP contribution in [0, 0.1) is 0 Å². The second-order valence-electron chi connectivity index (χ2n) is 4.81. The van der Waals surface area contributed by atoms with E-state index >= 15 is 0 Å². The molecule has 1 aliphatic heterocycles. The summed E-state index contributed by atoms with van der Waals surface area (Å²) in [7, 11) is 0. The van der Waals surface area contributed by atoms with E-state index in [2.05, 4.69) is 41.5 Å². The zero-order valence-corrected chi connectivity index (χ0v) is 10.2. The first kappa shape index (κ1) is 10.7. The lowest BCUT2D eigenvalue weighted by Crippen LogP contribution is -2.08. The van der Waals surface area contributed by atoms with E-state index in [0.717, 1.165) is 19.5 Å². The third-order valence-electron chi connectivity index (χ3n) is 3.71.